The van der Waals surface area contributed by atoms with Crippen molar-refractivity contribution in [3.63, 3.8) is 0 Å². The molecule has 0 aliphatic carbocycles. The fourth-order valence-corrected chi connectivity index (χ4v) is 5.27. The number of nitrogens with zero attached hydrogens (tertiary/aromatic N) is 2. The van der Waals surface area contributed by atoms with Crippen LogP contribution in [0.25, 0.3) is 17.0 Å². The highest BCUT2D eigenvalue weighted by Gasteiger charge is 2.33. The summed E-state index contributed by atoms with van der Waals surface area (Å²) in [6.07, 6.45) is 5.40. The zero-order valence-electron chi connectivity index (χ0n) is 21.5. The molecule has 1 N–H and O–H groups in total. The zero-order chi connectivity index (χ0) is 26.1. The standard InChI is InChI=1S/C29H32N2O6/c1-4-31-16-19(22-14-20(35-3)8-10-24(22)31)13-26-27(33)21-9-11-25(32)23(28(21)37-26)17-30-12-6-7-18(15-30)29(34)36-5-2/h8-11,13-14,16,18,32H,4-7,12,15,17H2,1-3H3/b26-13-. The summed E-state index contributed by atoms with van der Waals surface area (Å²) in [6, 6.07) is 9.02. The molecule has 0 bridgehead atoms. The summed E-state index contributed by atoms with van der Waals surface area (Å²) in [6.45, 7) is 6.71. The van der Waals surface area contributed by atoms with Gasteiger partial charge in [0.2, 0.25) is 5.78 Å². The molecule has 2 aliphatic rings. The molecule has 3 aromatic rings. The average Bonchev–Trinajstić information content (AvgIpc) is 3.42. The summed E-state index contributed by atoms with van der Waals surface area (Å²) in [5.41, 5.74) is 2.87. The van der Waals surface area contributed by atoms with Crippen LogP contribution in [0.15, 0.2) is 42.3 Å². The first-order chi connectivity index (χ1) is 17.9. The van der Waals surface area contributed by atoms with Gasteiger partial charge in [0.1, 0.15) is 17.2 Å². The number of phenolic OH excluding ortho intramolecular Hbond substituents is 1. The molecule has 0 spiro atoms. The van der Waals surface area contributed by atoms with Crippen LogP contribution in [-0.4, -0.2) is 53.1 Å². The predicted molar refractivity (Wildman–Crippen MR) is 140 cm³/mol. The maximum absolute atomic E-state index is 13.3. The van der Waals surface area contributed by atoms with Crippen LogP contribution in [0.2, 0.25) is 0 Å². The lowest BCUT2D eigenvalue weighted by Crippen LogP contribution is -2.39. The Morgan fingerprint density at radius 2 is 2.08 bits per heavy atom. The fourth-order valence-electron chi connectivity index (χ4n) is 5.27. The Kier molecular flexibility index (Phi) is 6.93. The number of aromatic hydroxyl groups is 1. The number of Topliss-reactive ketones (excluding diaryl/α,β-unsaturated/α-hetero) is 1. The fraction of sp³-hybridized carbons (Fsp3) is 0.379. The number of phenols is 1. The third kappa shape index (κ3) is 4.69. The van der Waals surface area contributed by atoms with Crippen molar-refractivity contribution in [2.75, 3.05) is 26.8 Å². The topological polar surface area (TPSA) is 90.2 Å². The molecule has 37 heavy (non-hydrogen) atoms. The number of aryl methyl sites for hydroxylation is 1. The number of hydrogen-bond acceptors (Lipinski definition) is 7. The van der Waals surface area contributed by atoms with Crippen molar-refractivity contribution in [2.24, 2.45) is 5.92 Å². The van der Waals surface area contributed by atoms with Gasteiger partial charge >= 0.3 is 5.97 Å². The quantitative estimate of drug-likeness (QED) is 0.366. The largest absolute Gasteiger partial charge is 0.507 e. The molecule has 1 saturated heterocycles. The normalized spacial score (nSPS) is 18.7. The van der Waals surface area contributed by atoms with Gasteiger partial charge in [0.25, 0.3) is 0 Å². The number of allylic oxidation sites excluding steroid dienone is 1. The van der Waals surface area contributed by atoms with E-state index < -0.39 is 0 Å². The number of ketones is 1. The van der Waals surface area contributed by atoms with Gasteiger partial charge in [0.05, 0.1) is 30.8 Å². The molecule has 0 radical (unpaired) electrons. The van der Waals surface area contributed by atoms with E-state index in [1.807, 2.05) is 24.4 Å². The van der Waals surface area contributed by atoms with Crippen LogP contribution >= 0.6 is 0 Å². The van der Waals surface area contributed by atoms with Crippen molar-refractivity contribution < 1.29 is 28.9 Å². The second-order valence-corrected chi connectivity index (χ2v) is 9.46. The third-order valence-corrected chi connectivity index (χ3v) is 7.17. The monoisotopic (exact) mass is 504 g/mol. The minimum atomic E-state index is -0.223. The van der Waals surface area contributed by atoms with Gasteiger partial charge in [-0.15, -0.1) is 0 Å². The van der Waals surface area contributed by atoms with Crippen LogP contribution in [0.4, 0.5) is 0 Å². The summed E-state index contributed by atoms with van der Waals surface area (Å²) in [7, 11) is 1.63. The Hall–Kier alpha value is -3.78. The molecule has 1 fully saturated rings. The van der Waals surface area contributed by atoms with E-state index in [2.05, 4.69) is 16.4 Å². The van der Waals surface area contributed by atoms with Crippen molar-refractivity contribution in [3.8, 4) is 17.2 Å². The molecule has 194 valence electrons. The molecule has 1 atom stereocenters. The number of likely N-dealkylation sites (tertiary alicyclic amines) is 1. The van der Waals surface area contributed by atoms with Crippen molar-refractivity contribution >= 4 is 28.7 Å². The molecule has 8 heteroatoms. The molecule has 3 heterocycles. The van der Waals surface area contributed by atoms with Gasteiger partial charge < -0.3 is 23.9 Å². The van der Waals surface area contributed by atoms with E-state index in [0.717, 1.165) is 48.1 Å². The molecular formula is C29H32N2O6. The van der Waals surface area contributed by atoms with E-state index in [1.165, 1.54) is 0 Å². The highest BCUT2D eigenvalue weighted by Crippen LogP contribution is 2.41. The van der Waals surface area contributed by atoms with Crippen LogP contribution < -0.4 is 9.47 Å². The molecule has 0 saturated carbocycles. The van der Waals surface area contributed by atoms with Crippen LogP contribution in [0.5, 0.6) is 17.2 Å². The number of esters is 1. The van der Waals surface area contributed by atoms with Gasteiger partial charge in [0.15, 0.2) is 5.76 Å². The van der Waals surface area contributed by atoms with Gasteiger partial charge in [-0.25, -0.2) is 0 Å². The lowest BCUT2D eigenvalue weighted by molar-refractivity contribution is -0.150. The summed E-state index contributed by atoms with van der Waals surface area (Å²) >= 11 is 0. The van der Waals surface area contributed by atoms with Crippen molar-refractivity contribution in [1.29, 1.82) is 0 Å². The van der Waals surface area contributed by atoms with E-state index in [4.69, 9.17) is 14.2 Å². The third-order valence-electron chi connectivity index (χ3n) is 7.17. The number of benzene rings is 2. The molecule has 0 amide bonds. The van der Waals surface area contributed by atoms with Gasteiger partial charge in [0, 0.05) is 42.3 Å². The zero-order valence-corrected chi connectivity index (χ0v) is 21.5. The number of piperidine rings is 1. The summed E-state index contributed by atoms with van der Waals surface area (Å²) < 4.78 is 18.9. The van der Waals surface area contributed by atoms with Crippen molar-refractivity contribution in [3.05, 3.63) is 59.0 Å². The number of fused-ring (bicyclic) bond motifs is 2. The molecule has 5 rings (SSSR count). The molecule has 8 nitrogen and oxygen atoms in total. The summed E-state index contributed by atoms with van der Waals surface area (Å²) in [4.78, 5) is 27.7. The van der Waals surface area contributed by atoms with E-state index in [9.17, 15) is 14.7 Å². The molecule has 1 unspecified atom stereocenters. The minimum Gasteiger partial charge on any atom is -0.507 e. The Morgan fingerprint density at radius 1 is 1.24 bits per heavy atom. The Balaban J connectivity index is 1.45. The van der Waals surface area contributed by atoms with Crippen molar-refractivity contribution in [2.45, 2.75) is 39.8 Å². The number of ether oxygens (including phenoxy) is 3. The highest BCUT2D eigenvalue weighted by atomic mass is 16.5. The van der Waals surface area contributed by atoms with Gasteiger partial charge in [-0.1, -0.05) is 0 Å². The summed E-state index contributed by atoms with van der Waals surface area (Å²) in [5.74, 6) is 0.790. The van der Waals surface area contributed by atoms with E-state index in [1.54, 1.807) is 32.2 Å². The lowest BCUT2D eigenvalue weighted by atomic mass is 9.97. The van der Waals surface area contributed by atoms with Crippen LogP contribution in [0, 0.1) is 5.92 Å². The number of rotatable bonds is 7. The molecule has 2 aromatic carbocycles. The first-order valence-corrected chi connectivity index (χ1v) is 12.8. The summed E-state index contributed by atoms with van der Waals surface area (Å²) in [5, 5.41) is 11.7. The number of aromatic nitrogens is 1. The molecule has 1 aromatic heterocycles. The smallest absolute Gasteiger partial charge is 0.310 e. The van der Waals surface area contributed by atoms with Gasteiger partial charge in [-0.05, 0) is 69.6 Å². The Bertz CT molecular complexity index is 1390. The number of methoxy groups -OCH3 is 1. The average molecular weight is 505 g/mol. The first-order valence-electron chi connectivity index (χ1n) is 12.8. The maximum atomic E-state index is 13.3. The van der Waals surface area contributed by atoms with Crippen LogP contribution in [0.1, 0.15) is 48.2 Å². The SMILES string of the molecule is CCOC(=O)C1CCCN(Cc2c(O)ccc3c2O/C(=C\c2cn(CC)c4ccc(OC)cc24)C3=O)C1. The number of hydrogen-bond donors (Lipinski definition) is 1. The Labute approximate surface area is 216 Å². The molecular weight excluding hydrogens is 472 g/mol. The van der Waals surface area contributed by atoms with Gasteiger partial charge in [-0.3, -0.25) is 14.5 Å². The number of carbonyl (C=O) groups excluding carboxylic acids is 2. The van der Waals surface area contributed by atoms with E-state index in [-0.39, 0.29) is 29.2 Å². The highest BCUT2D eigenvalue weighted by molar-refractivity contribution is 6.15. The number of carbonyl (C=O) groups is 2. The maximum Gasteiger partial charge on any atom is 0.310 e. The van der Waals surface area contributed by atoms with Crippen LogP contribution in [-0.2, 0) is 22.6 Å². The minimum absolute atomic E-state index is 0.0679. The van der Waals surface area contributed by atoms with Crippen molar-refractivity contribution in [1.82, 2.24) is 9.47 Å². The Morgan fingerprint density at radius 3 is 2.84 bits per heavy atom. The van der Waals surface area contributed by atoms with Gasteiger partial charge in [-0.2, -0.15) is 0 Å². The predicted octanol–water partition coefficient (Wildman–Crippen LogP) is 4.77. The second kappa shape index (κ2) is 10.3. The first kappa shape index (κ1) is 24.9. The second-order valence-electron chi connectivity index (χ2n) is 9.46. The van der Waals surface area contributed by atoms with E-state index >= 15 is 0 Å². The van der Waals surface area contributed by atoms with Crippen LogP contribution in [0.3, 0.4) is 0 Å². The molecule has 2 aliphatic heterocycles. The van der Waals surface area contributed by atoms with E-state index in [0.29, 0.717) is 36.6 Å². The lowest BCUT2D eigenvalue weighted by Gasteiger charge is -2.31.